The first kappa shape index (κ1) is 23.2. The van der Waals surface area contributed by atoms with Gasteiger partial charge in [0.15, 0.2) is 6.61 Å². The van der Waals surface area contributed by atoms with Gasteiger partial charge in [-0.25, -0.2) is 4.39 Å². The Labute approximate surface area is 206 Å². The third-order valence-corrected chi connectivity index (χ3v) is 6.10. The molecule has 3 aromatic carbocycles. The molecule has 1 N–H and O–H groups in total. The zero-order valence-electron chi connectivity index (χ0n) is 19.2. The number of nitrogens with zero attached hydrogens (tertiary/aromatic N) is 2. The number of halogens is 1. The second kappa shape index (κ2) is 9.61. The first-order valence-corrected chi connectivity index (χ1v) is 11.5. The maximum absolute atomic E-state index is 13.2. The Hall–Kier alpha value is -4.53. The van der Waals surface area contributed by atoms with E-state index in [2.05, 4.69) is 5.32 Å². The van der Waals surface area contributed by atoms with Gasteiger partial charge in [-0.1, -0.05) is 24.3 Å². The minimum absolute atomic E-state index is 0.112. The van der Waals surface area contributed by atoms with Gasteiger partial charge in [0.05, 0.1) is 23.4 Å². The average Bonchev–Trinajstić information content (AvgIpc) is 3.12. The van der Waals surface area contributed by atoms with Gasteiger partial charge in [-0.05, 0) is 48.4 Å². The lowest BCUT2D eigenvalue weighted by Gasteiger charge is -2.29. The Balaban J connectivity index is 1.18. The topological polar surface area (TPSA) is 96.0 Å². The molecule has 2 aliphatic rings. The number of benzene rings is 3. The molecule has 0 saturated heterocycles. The fourth-order valence-electron chi connectivity index (χ4n) is 4.29. The summed E-state index contributed by atoms with van der Waals surface area (Å²) in [5, 5.41) is 2.79. The van der Waals surface area contributed by atoms with Crippen molar-refractivity contribution >= 4 is 35.0 Å². The van der Waals surface area contributed by atoms with Crippen LogP contribution in [-0.2, 0) is 16.1 Å². The van der Waals surface area contributed by atoms with E-state index in [-0.39, 0.29) is 55.6 Å². The monoisotopic (exact) mass is 487 g/mol. The van der Waals surface area contributed by atoms with Crippen LogP contribution in [0.15, 0.2) is 66.7 Å². The minimum Gasteiger partial charge on any atom is -0.481 e. The minimum atomic E-state index is -0.350. The molecule has 182 valence electrons. The molecule has 8 nitrogen and oxygen atoms in total. The van der Waals surface area contributed by atoms with Crippen molar-refractivity contribution in [1.82, 2.24) is 4.90 Å². The van der Waals surface area contributed by atoms with E-state index < -0.39 is 0 Å². The van der Waals surface area contributed by atoms with E-state index in [4.69, 9.17) is 4.74 Å². The molecule has 0 aromatic heterocycles. The number of carbonyl (C=O) groups excluding carboxylic acids is 4. The van der Waals surface area contributed by atoms with Crippen LogP contribution in [0.1, 0.15) is 39.1 Å². The van der Waals surface area contributed by atoms with E-state index in [0.717, 1.165) is 10.5 Å². The molecular formula is C27H22FN3O5. The normalized spacial score (nSPS) is 14.4. The van der Waals surface area contributed by atoms with Crippen LogP contribution in [0.2, 0.25) is 0 Å². The number of fused-ring (bicyclic) bond motifs is 2. The van der Waals surface area contributed by atoms with Crippen molar-refractivity contribution in [1.29, 1.82) is 0 Å². The number of rotatable bonds is 7. The molecule has 5 rings (SSSR count). The lowest BCUT2D eigenvalue weighted by atomic mass is 10.1. The largest absolute Gasteiger partial charge is 0.481 e. The fraction of sp³-hybridized carbons (Fsp3) is 0.185. The van der Waals surface area contributed by atoms with Gasteiger partial charge in [0.2, 0.25) is 5.91 Å². The van der Waals surface area contributed by atoms with Crippen LogP contribution in [0.25, 0.3) is 0 Å². The molecule has 2 aliphatic heterocycles. The maximum Gasteiger partial charge on any atom is 0.265 e. The number of carbonyl (C=O) groups is 4. The number of amides is 4. The van der Waals surface area contributed by atoms with Crippen LogP contribution >= 0.6 is 0 Å². The van der Waals surface area contributed by atoms with Crippen LogP contribution in [0.4, 0.5) is 15.8 Å². The molecule has 0 aliphatic carbocycles. The second-order valence-electron chi connectivity index (χ2n) is 8.54. The quantitative estimate of drug-likeness (QED) is 0.512. The SMILES string of the molecule is O=C(CCCN1C(=O)c2ccccc2C1=O)Nc1ccc2c(c1)OCC(=O)N2Cc1ccc(F)cc1. The first-order valence-electron chi connectivity index (χ1n) is 11.5. The van der Waals surface area contributed by atoms with E-state index in [1.807, 2.05) is 0 Å². The summed E-state index contributed by atoms with van der Waals surface area (Å²) in [6.45, 7) is 0.262. The number of hydrogen-bond donors (Lipinski definition) is 1. The van der Waals surface area contributed by atoms with Crippen molar-refractivity contribution in [2.24, 2.45) is 0 Å². The van der Waals surface area contributed by atoms with Gasteiger partial charge in [0.25, 0.3) is 17.7 Å². The summed E-state index contributed by atoms with van der Waals surface area (Å²) in [6.07, 6.45) is 0.430. The lowest BCUT2D eigenvalue weighted by Crippen LogP contribution is -2.38. The molecule has 0 radical (unpaired) electrons. The Kier molecular flexibility index (Phi) is 6.20. The predicted molar refractivity (Wildman–Crippen MR) is 129 cm³/mol. The third kappa shape index (κ3) is 4.55. The van der Waals surface area contributed by atoms with E-state index in [1.165, 1.54) is 12.1 Å². The number of hydrogen-bond acceptors (Lipinski definition) is 5. The highest BCUT2D eigenvalue weighted by Crippen LogP contribution is 2.35. The zero-order valence-corrected chi connectivity index (χ0v) is 19.2. The second-order valence-corrected chi connectivity index (χ2v) is 8.54. The van der Waals surface area contributed by atoms with Crippen molar-refractivity contribution in [3.05, 3.63) is 89.2 Å². The smallest absolute Gasteiger partial charge is 0.265 e. The molecule has 2 heterocycles. The Morgan fingerprint density at radius 2 is 1.61 bits per heavy atom. The van der Waals surface area contributed by atoms with Crippen LogP contribution in [-0.4, -0.2) is 41.7 Å². The molecule has 0 unspecified atom stereocenters. The van der Waals surface area contributed by atoms with E-state index >= 15 is 0 Å². The summed E-state index contributed by atoms with van der Waals surface area (Å²) < 4.78 is 18.8. The third-order valence-electron chi connectivity index (χ3n) is 6.10. The molecule has 3 aromatic rings. The Morgan fingerprint density at radius 1 is 0.917 bits per heavy atom. The molecule has 0 spiro atoms. The van der Waals surface area contributed by atoms with Crippen molar-refractivity contribution < 1.29 is 28.3 Å². The van der Waals surface area contributed by atoms with Crippen molar-refractivity contribution in [3.63, 3.8) is 0 Å². The maximum atomic E-state index is 13.2. The van der Waals surface area contributed by atoms with E-state index in [0.29, 0.717) is 34.7 Å². The molecule has 36 heavy (non-hydrogen) atoms. The van der Waals surface area contributed by atoms with Crippen molar-refractivity contribution in [3.8, 4) is 5.75 Å². The molecule has 0 saturated carbocycles. The predicted octanol–water partition coefficient (Wildman–Crippen LogP) is 3.77. The molecule has 4 amide bonds. The van der Waals surface area contributed by atoms with Crippen LogP contribution in [0, 0.1) is 5.82 Å². The van der Waals surface area contributed by atoms with E-state index in [1.54, 1.807) is 59.5 Å². The molecule has 0 atom stereocenters. The van der Waals surface area contributed by atoms with Gasteiger partial charge in [-0.15, -0.1) is 0 Å². The van der Waals surface area contributed by atoms with Gasteiger partial charge in [-0.2, -0.15) is 0 Å². The Bertz CT molecular complexity index is 1340. The zero-order chi connectivity index (χ0) is 25.2. The summed E-state index contributed by atoms with van der Waals surface area (Å²) in [7, 11) is 0. The number of nitrogens with one attached hydrogen (secondary N) is 1. The van der Waals surface area contributed by atoms with Crippen LogP contribution in [0.3, 0.4) is 0 Å². The van der Waals surface area contributed by atoms with Gasteiger partial charge >= 0.3 is 0 Å². The van der Waals surface area contributed by atoms with Gasteiger partial charge in [0.1, 0.15) is 11.6 Å². The summed E-state index contributed by atoms with van der Waals surface area (Å²) in [5.41, 5.74) is 2.59. The van der Waals surface area contributed by atoms with Crippen LogP contribution in [0.5, 0.6) is 5.75 Å². The van der Waals surface area contributed by atoms with E-state index in [9.17, 15) is 23.6 Å². The highest BCUT2D eigenvalue weighted by Gasteiger charge is 2.34. The highest BCUT2D eigenvalue weighted by atomic mass is 19.1. The summed E-state index contributed by atoms with van der Waals surface area (Å²) in [4.78, 5) is 52.5. The standard InChI is InChI=1S/C27H22FN3O5/c28-18-9-7-17(8-10-18)15-31-22-12-11-19(14-23(22)36-16-25(31)33)29-24(32)6-3-13-30-26(34)20-4-1-2-5-21(20)27(30)35/h1-2,4-5,7-12,14H,3,6,13,15-16H2,(H,29,32). The van der Waals surface area contributed by atoms with Crippen molar-refractivity contribution in [2.75, 3.05) is 23.4 Å². The summed E-state index contributed by atoms with van der Waals surface area (Å²) in [6, 6.07) is 17.6. The number of imide groups is 1. The number of anilines is 2. The summed E-state index contributed by atoms with van der Waals surface area (Å²) >= 11 is 0. The van der Waals surface area contributed by atoms with Crippen LogP contribution < -0.4 is 15.0 Å². The highest BCUT2D eigenvalue weighted by molar-refractivity contribution is 6.21. The molecule has 9 heteroatoms. The fourth-order valence-corrected chi connectivity index (χ4v) is 4.29. The van der Waals surface area contributed by atoms with Gasteiger partial charge in [0, 0.05) is 24.7 Å². The molecule has 0 fully saturated rings. The Morgan fingerprint density at radius 3 is 2.31 bits per heavy atom. The molecular weight excluding hydrogens is 465 g/mol. The average molecular weight is 487 g/mol. The van der Waals surface area contributed by atoms with Gasteiger partial charge in [-0.3, -0.25) is 24.1 Å². The van der Waals surface area contributed by atoms with Crippen molar-refractivity contribution in [2.45, 2.75) is 19.4 Å². The van der Waals surface area contributed by atoms with Gasteiger partial charge < -0.3 is 15.0 Å². The lowest BCUT2D eigenvalue weighted by molar-refractivity contribution is -0.121. The molecule has 0 bridgehead atoms. The first-order chi connectivity index (χ1) is 17.4. The number of ether oxygens (including phenoxy) is 1. The summed E-state index contributed by atoms with van der Waals surface area (Å²) in [5.74, 6) is -1.10.